The summed E-state index contributed by atoms with van der Waals surface area (Å²) in [6, 6.07) is 9.75. The number of ketones is 1. The van der Waals surface area contributed by atoms with Crippen molar-refractivity contribution in [1.29, 1.82) is 0 Å². The number of Topliss-reactive ketones (excluding diaryl/α,β-unsaturated/α-hetero) is 1. The van der Waals surface area contributed by atoms with E-state index in [0.717, 1.165) is 46.7 Å². The van der Waals surface area contributed by atoms with Crippen LogP contribution in [-0.2, 0) is 0 Å². The molecule has 3 heterocycles. The number of hydrogen-bond acceptors (Lipinski definition) is 4. The molecule has 0 radical (unpaired) electrons. The zero-order valence-corrected chi connectivity index (χ0v) is 24.3. The molecule has 0 amide bonds. The Hall–Kier alpha value is -1.92. The van der Waals surface area contributed by atoms with Crippen LogP contribution in [0.5, 0.6) is 0 Å². The first-order valence-electron chi connectivity index (χ1n) is 14.1. The average Bonchev–Trinajstić information content (AvgIpc) is 3.67. The van der Waals surface area contributed by atoms with Crippen molar-refractivity contribution in [3.8, 4) is 16.3 Å². The van der Waals surface area contributed by atoms with Crippen LogP contribution in [0, 0.1) is 24.7 Å². The summed E-state index contributed by atoms with van der Waals surface area (Å²) >= 11 is 14.6. The number of nitrogens with zero attached hydrogens (tertiary/aromatic N) is 3. The van der Waals surface area contributed by atoms with Crippen LogP contribution < -0.4 is 0 Å². The van der Waals surface area contributed by atoms with E-state index >= 15 is 0 Å². The number of carbonyl (C=O) groups is 1. The molecule has 3 aromatic rings. The number of hydrogen-bond donors (Lipinski definition) is 0. The first-order chi connectivity index (χ1) is 18.5. The summed E-state index contributed by atoms with van der Waals surface area (Å²) in [7, 11) is 0. The third kappa shape index (κ3) is 5.40. The first-order valence-corrected chi connectivity index (χ1v) is 15.6. The van der Waals surface area contributed by atoms with Crippen molar-refractivity contribution in [2.45, 2.75) is 58.3 Å². The van der Waals surface area contributed by atoms with Crippen LogP contribution in [-0.4, -0.2) is 40.1 Å². The summed E-state index contributed by atoms with van der Waals surface area (Å²) in [4.78, 5) is 18.2. The van der Waals surface area contributed by atoms with Gasteiger partial charge in [0.15, 0.2) is 5.78 Å². The van der Waals surface area contributed by atoms with Gasteiger partial charge in [0.1, 0.15) is 5.69 Å². The fourth-order valence-corrected chi connectivity index (χ4v) is 8.24. The Morgan fingerprint density at radius 2 is 1.79 bits per heavy atom. The molecule has 0 spiro atoms. The summed E-state index contributed by atoms with van der Waals surface area (Å²) in [5.41, 5.74) is 3.11. The second-order valence-electron chi connectivity index (χ2n) is 11.4. The van der Waals surface area contributed by atoms with Gasteiger partial charge in [0.2, 0.25) is 0 Å². The van der Waals surface area contributed by atoms with Crippen LogP contribution >= 0.6 is 34.5 Å². The number of allylic oxidation sites excluding steroid dienone is 1. The molecule has 2 unspecified atom stereocenters. The number of benzene rings is 1. The number of halogens is 2. The molecule has 0 N–H and O–H groups in total. The standard InChI is InChI=1S/C31H35Cl2N3OS/c1-20-30(28(37)19-35-17-22-8-5-9-23(22)18-35)34-36(27-14-11-24(32)16-26(27)33)31(20)29-15-13-25(38-29)12-10-21-6-3-2-4-7-21/h10-16,21-23H,2-9,17-19H2,1H3. The van der Waals surface area contributed by atoms with E-state index < -0.39 is 0 Å². The number of fused-ring (bicyclic) bond motifs is 1. The lowest BCUT2D eigenvalue weighted by Crippen LogP contribution is -2.29. The first kappa shape index (κ1) is 26.3. The quantitative estimate of drug-likeness (QED) is 0.268. The van der Waals surface area contributed by atoms with Gasteiger partial charge in [-0.15, -0.1) is 11.3 Å². The maximum Gasteiger partial charge on any atom is 0.197 e. The van der Waals surface area contributed by atoms with Crippen molar-refractivity contribution in [3.05, 3.63) is 62.6 Å². The molecular weight excluding hydrogens is 533 g/mol. The molecule has 1 aromatic carbocycles. The van der Waals surface area contributed by atoms with Gasteiger partial charge in [0.05, 0.1) is 27.8 Å². The van der Waals surface area contributed by atoms with Crippen molar-refractivity contribution >= 4 is 46.4 Å². The molecule has 2 saturated carbocycles. The zero-order valence-electron chi connectivity index (χ0n) is 22.0. The minimum absolute atomic E-state index is 0.0848. The molecule has 2 aromatic heterocycles. The van der Waals surface area contributed by atoms with Crippen molar-refractivity contribution in [1.82, 2.24) is 14.7 Å². The number of thiophene rings is 1. The van der Waals surface area contributed by atoms with Gasteiger partial charge in [0.25, 0.3) is 0 Å². The van der Waals surface area contributed by atoms with E-state index in [1.54, 1.807) is 17.4 Å². The van der Waals surface area contributed by atoms with E-state index in [0.29, 0.717) is 28.2 Å². The molecule has 2 atom stereocenters. The Bertz CT molecular complexity index is 1340. The van der Waals surface area contributed by atoms with Crippen molar-refractivity contribution in [2.24, 2.45) is 17.8 Å². The highest BCUT2D eigenvalue weighted by Crippen LogP contribution is 2.39. The molecule has 4 nitrogen and oxygen atoms in total. The Morgan fingerprint density at radius 3 is 2.53 bits per heavy atom. The fourth-order valence-electron chi connectivity index (χ4n) is 6.74. The van der Waals surface area contributed by atoms with Gasteiger partial charge in [-0.1, -0.05) is 55.0 Å². The second kappa shape index (κ2) is 11.3. The molecule has 1 aliphatic heterocycles. The lowest BCUT2D eigenvalue weighted by Gasteiger charge is -2.17. The zero-order chi connectivity index (χ0) is 26.2. The van der Waals surface area contributed by atoms with Gasteiger partial charge in [-0.2, -0.15) is 5.10 Å². The predicted molar refractivity (Wildman–Crippen MR) is 159 cm³/mol. The summed E-state index contributed by atoms with van der Waals surface area (Å²) < 4.78 is 1.85. The molecule has 3 fully saturated rings. The number of carbonyl (C=O) groups excluding carboxylic acids is 1. The van der Waals surface area contributed by atoms with Crippen molar-refractivity contribution < 1.29 is 4.79 Å². The Labute approximate surface area is 239 Å². The molecule has 38 heavy (non-hydrogen) atoms. The summed E-state index contributed by atoms with van der Waals surface area (Å²) in [6.45, 7) is 4.52. The van der Waals surface area contributed by atoms with Gasteiger partial charge in [-0.3, -0.25) is 9.69 Å². The third-order valence-corrected chi connectivity index (χ3v) is 10.3. The SMILES string of the molecule is Cc1c(C(=O)CN2CC3CCCC3C2)nn(-c2ccc(Cl)cc2Cl)c1-c1ccc(C=CC2CCCCC2)s1. The molecule has 1 saturated heterocycles. The second-order valence-corrected chi connectivity index (χ2v) is 13.3. The molecular formula is C31H35Cl2N3OS. The lowest BCUT2D eigenvalue weighted by atomic mass is 9.89. The van der Waals surface area contributed by atoms with Crippen LogP contribution in [0.1, 0.15) is 72.3 Å². The number of aromatic nitrogens is 2. The molecule has 7 heteroatoms. The maximum absolute atomic E-state index is 13.6. The highest BCUT2D eigenvalue weighted by atomic mass is 35.5. The van der Waals surface area contributed by atoms with E-state index in [1.807, 2.05) is 23.7 Å². The highest BCUT2D eigenvalue weighted by molar-refractivity contribution is 7.16. The minimum Gasteiger partial charge on any atom is -0.295 e. The van der Waals surface area contributed by atoms with Gasteiger partial charge in [0, 0.05) is 28.6 Å². The Balaban J connectivity index is 1.32. The van der Waals surface area contributed by atoms with Gasteiger partial charge in [-0.25, -0.2) is 4.68 Å². The minimum atomic E-state index is 0.0848. The van der Waals surface area contributed by atoms with Crippen molar-refractivity contribution in [2.75, 3.05) is 19.6 Å². The smallest absolute Gasteiger partial charge is 0.197 e. The van der Waals surface area contributed by atoms with E-state index in [9.17, 15) is 4.79 Å². The van der Waals surface area contributed by atoms with E-state index in [-0.39, 0.29) is 5.78 Å². The fraction of sp³-hybridized carbons (Fsp3) is 0.484. The van der Waals surface area contributed by atoms with E-state index in [1.165, 1.54) is 56.2 Å². The van der Waals surface area contributed by atoms with Gasteiger partial charge < -0.3 is 0 Å². The van der Waals surface area contributed by atoms with Gasteiger partial charge in [-0.05, 0) is 86.8 Å². The van der Waals surface area contributed by atoms with Crippen LogP contribution in [0.2, 0.25) is 10.0 Å². The molecule has 200 valence electrons. The molecule has 0 bridgehead atoms. The largest absolute Gasteiger partial charge is 0.295 e. The molecule has 6 rings (SSSR count). The average molecular weight is 569 g/mol. The molecule has 2 aliphatic carbocycles. The predicted octanol–water partition coefficient (Wildman–Crippen LogP) is 8.72. The third-order valence-electron chi connectivity index (χ3n) is 8.74. The summed E-state index contributed by atoms with van der Waals surface area (Å²) in [5, 5.41) is 5.98. The Kier molecular flexibility index (Phi) is 7.82. The van der Waals surface area contributed by atoms with Crippen LogP contribution in [0.15, 0.2) is 36.4 Å². The maximum atomic E-state index is 13.6. The molecule has 3 aliphatic rings. The monoisotopic (exact) mass is 567 g/mol. The van der Waals surface area contributed by atoms with Crippen LogP contribution in [0.25, 0.3) is 22.3 Å². The number of likely N-dealkylation sites (tertiary alicyclic amines) is 1. The topological polar surface area (TPSA) is 38.1 Å². The number of rotatable bonds is 7. The highest BCUT2D eigenvalue weighted by Gasteiger charge is 2.37. The van der Waals surface area contributed by atoms with Crippen LogP contribution in [0.3, 0.4) is 0 Å². The van der Waals surface area contributed by atoms with E-state index in [2.05, 4.69) is 29.2 Å². The Morgan fingerprint density at radius 1 is 1.03 bits per heavy atom. The summed E-state index contributed by atoms with van der Waals surface area (Å²) in [6.07, 6.45) is 15.2. The van der Waals surface area contributed by atoms with Gasteiger partial charge >= 0.3 is 0 Å². The normalized spacial score (nSPS) is 22.5. The lowest BCUT2D eigenvalue weighted by molar-refractivity contribution is 0.0935. The summed E-state index contributed by atoms with van der Waals surface area (Å²) in [5.74, 6) is 2.29. The van der Waals surface area contributed by atoms with Crippen molar-refractivity contribution in [3.63, 3.8) is 0 Å². The van der Waals surface area contributed by atoms with Crippen LogP contribution in [0.4, 0.5) is 0 Å². The van der Waals surface area contributed by atoms with E-state index in [4.69, 9.17) is 28.3 Å².